The molecule has 1 aliphatic rings. The van der Waals surface area contributed by atoms with Gasteiger partial charge in [0, 0.05) is 12.5 Å². The lowest BCUT2D eigenvalue weighted by atomic mass is 10.1. The predicted octanol–water partition coefficient (Wildman–Crippen LogP) is 0.914. The number of hydrogen-bond acceptors (Lipinski definition) is 3. The number of nitrogens with zero attached hydrogens (tertiary/aromatic N) is 2. The van der Waals surface area contributed by atoms with E-state index in [-0.39, 0.29) is 5.69 Å². The third kappa shape index (κ3) is 2.93. The molecule has 5 heteroatoms. The quantitative estimate of drug-likeness (QED) is 0.857. The minimum atomic E-state index is -0.128. The standard InChI is InChI=1S/C14H18N4O/c19-14-16-13(9-12-7-4-8-15-12)17-18(14)10-11-5-2-1-3-6-11/h1-3,5-6,12,15H,4,7-10H2,(H,16,17,19). The van der Waals surface area contributed by atoms with Gasteiger partial charge in [-0.1, -0.05) is 30.3 Å². The molecule has 1 fully saturated rings. The molecule has 0 aliphatic carbocycles. The van der Waals surface area contributed by atoms with E-state index in [1.165, 1.54) is 11.1 Å². The van der Waals surface area contributed by atoms with Crippen LogP contribution in [-0.2, 0) is 13.0 Å². The van der Waals surface area contributed by atoms with E-state index in [1.807, 2.05) is 30.3 Å². The van der Waals surface area contributed by atoms with E-state index >= 15 is 0 Å². The van der Waals surface area contributed by atoms with Crippen LogP contribution in [0, 0.1) is 0 Å². The average Bonchev–Trinajstić information content (AvgIpc) is 3.02. The summed E-state index contributed by atoms with van der Waals surface area (Å²) in [6, 6.07) is 10.4. The van der Waals surface area contributed by atoms with Crippen LogP contribution < -0.4 is 11.0 Å². The molecule has 1 atom stereocenters. The summed E-state index contributed by atoms with van der Waals surface area (Å²) in [4.78, 5) is 14.7. The van der Waals surface area contributed by atoms with Crippen molar-refractivity contribution < 1.29 is 0 Å². The molecule has 2 aromatic rings. The van der Waals surface area contributed by atoms with Gasteiger partial charge in [-0.2, -0.15) is 5.10 Å². The molecule has 1 aromatic heterocycles. The van der Waals surface area contributed by atoms with Crippen molar-refractivity contribution in [2.75, 3.05) is 6.54 Å². The van der Waals surface area contributed by atoms with Crippen LogP contribution in [0.5, 0.6) is 0 Å². The van der Waals surface area contributed by atoms with Crippen molar-refractivity contribution in [1.29, 1.82) is 0 Å². The van der Waals surface area contributed by atoms with Gasteiger partial charge in [-0.3, -0.25) is 4.98 Å². The SMILES string of the molecule is O=c1[nH]c(CC2CCCN2)nn1Cc1ccccc1. The number of aromatic amines is 1. The van der Waals surface area contributed by atoms with Crippen LogP contribution in [0.4, 0.5) is 0 Å². The van der Waals surface area contributed by atoms with E-state index in [1.54, 1.807) is 0 Å². The van der Waals surface area contributed by atoms with Gasteiger partial charge in [-0.05, 0) is 24.9 Å². The van der Waals surface area contributed by atoms with Crippen molar-refractivity contribution >= 4 is 0 Å². The zero-order valence-electron chi connectivity index (χ0n) is 10.8. The topological polar surface area (TPSA) is 62.7 Å². The van der Waals surface area contributed by atoms with Gasteiger partial charge in [0.05, 0.1) is 6.54 Å². The average molecular weight is 258 g/mol. The molecule has 0 spiro atoms. The van der Waals surface area contributed by atoms with Crippen molar-refractivity contribution in [3.8, 4) is 0 Å². The Morgan fingerprint density at radius 2 is 2.16 bits per heavy atom. The molecule has 1 unspecified atom stereocenters. The van der Waals surface area contributed by atoms with Gasteiger partial charge in [0.25, 0.3) is 0 Å². The number of rotatable bonds is 4. The Morgan fingerprint density at radius 1 is 1.32 bits per heavy atom. The summed E-state index contributed by atoms with van der Waals surface area (Å²) in [6.45, 7) is 1.59. The van der Waals surface area contributed by atoms with Gasteiger partial charge >= 0.3 is 5.69 Å². The molecular formula is C14H18N4O. The van der Waals surface area contributed by atoms with E-state index in [9.17, 15) is 4.79 Å². The van der Waals surface area contributed by atoms with Crippen molar-refractivity contribution in [1.82, 2.24) is 20.1 Å². The first kappa shape index (κ1) is 12.2. The van der Waals surface area contributed by atoms with E-state index in [4.69, 9.17) is 0 Å². The van der Waals surface area contributed by atoms with Crippen LogP contribution in [0.1, 0.15) is 24.2 Å². The maximum absolute atomic E-state index is 11.8. The third-order valence-corrected chi connectivity index (χ3v) is 3.50. The minimum absolute atomic E-state index is 0.128. The Hall–Kier alpha value is -1.88. The molecule has 0 bridgehead atoms. The molecule has 19 heavy (non-hydrogen) atoms. The first-order chi connectivity index (χ1) is 9.31. The third-order valence-electron chi connectivity index (χ3n) is 3.50. The summed E-state index contributed by atoms with van der Waals surface area (Å²) in [6.07, 6.45) is 3.17. The van der Waals surface area contributed by atoms with Crippen molar-refractivity contribution in [3.05, 3.63) is 52.2 Å². The van der Waals surface area contributed by atoms with Gasteiger partial charge in [-0.15, -0.1) is 0 Å². The smallest absolute Gasteiger partial charge is 0.314 e. The predicted molar refractivity (Wildman–Crippen MR) is 73.1 cm³/mol. The number of hydrogen-bond donors (Lipinski definition) is 2. The monoisotopic (exact) mass is 258 g/mol. The van der Waals surface area contributed by atoms with Crippen LogP contribution in [0.3, 0.4) is 0 Å². The Balaban J connectivity index is 1.72. The summed E-state index contributed by atoms with van der Waals surface area (Å²) >= 11 is 0. The molecule has 0 amide bonds. The number of H-pyrrole nitrogens is 1. The largest absolute Gasteiger partial charge is 0.343 e. The van der Waals surface area contributed by atoms with Crippen LogP contribution in [-0.4, -0.2) is 27.4 Å². The second kappa shape index (κ2) is 5.40. The van der Waals surface area contributed by atoms with Gasteiger partial charge in [0.2, 0.25) is 0 Å². The van der Waals surface area contributed by atoms with Gasteiger partial charge in [0.15, 0.2) is 0 Å². The fraction of sp³-hybridized carbons (Fsp3) is 0.429. The lowest BCUT2D eigenvalue weighted by Gasteiger charge is -2.06. The summed E-state index contributed by atoms with van der Waals surface area (Å²) in [5.41, 5.74) is 0.957. The van der Waals surface area contributed by atoms with E-state index in [2.05, 4.69) is 15.4 Å². The number of aromatic nitrogens is 3. The summed E-state index contributed by atoms with van der Waals surface area (Å²) < 4.78 is 1.50. The maximum atomic E-state index is 11.8. The minimum Gasteiger partial charge on any atom is -0.314 e. The molecule has 0 saturated carbocycles. The Labute approximate surface area is 111 Å². The fourth-order valence-corrected chi connectivity index (χ4v) is 2.52. The highest BCUT2D eigenvalue weighted by Crippen LogP contribution is 2.08. The van der Waals surface area contributed by atoms with Crippen LogP contribution in [0.2, 0.25) is 0 Å². The molecule has 0 radical (unpaired) electrons. The molecule has 2 heterocycles. The maximum Gasteiger partial charge on any atom is 0.343 e. The molecule has 100 valence electrons. The van der Waals surface area contributed by atoms with E-state index < -0.39 is 0 Å². The van der Waals surface area contributed by atoms with Crippen molar-refractivity contribution in [3.63, 3.8) is 0 Å². The van der Waals surface area contributed by atoms with Gasteiger partial charge in [-0.25, -0.2) is 9.48 Å². The molecular weight excluding hydrogens is 240 g/mol. The van der Waals surface area contributed by atoms with Gasteiger partial charge < -0.3 is 5.32 Å². The molecule has 5 nitrogen and oxygen atoms in total. The fourth-order valence-electron chi connectivity index (χ4n) is 2.52. The molecule has 2 N–H and O–H groups in total. The van der Waals surface area contributed by atoms with Crippen LogP contribution in [0.15, 0.2) is 35.1 Å². The Bertz CT molecular complexity index is 581. The van der Waals surface area contributed by atoms with Crippen molar-refractivity contribution in [2.45, 2.75) is 31.8 Å². The van der Waals surface area contributed by atoms with E-state index in [0.717, 1.165) is 30.8 Å². The number of nitrogens with one attached hydrogen (secondary N) is 2. The first-order valence-electron chi connectivity index (χ1n) is 6.74. The highest BCUT2D eigenvalue weighted by molar-refractivity contribution is 5.14. The zero-order chi connectivity index (χ0) is 13.1. The normalized spacial score (nSPS) is 18.8. The summed E-state index contributed by atoms with van der Waals surface area (Å²) in [5, 5.41) is 7.79. The lowest BCUT2D eigenvalue weighted by molar-refractivity contribution is 0.575. The van der Waals surface area contributed by atoms with Crippen LogP contribution in [0.25, 0.3) is 0 Å². The molecule has 1 aliphatic heterocycles. The highest BCUT2D eigenvalue weighted by Gasteiger charge is 2.17. The highest BCUT2D eigenvalue weighted by atomic mass is 16.1. The van der Waals surface area contributed by atoms with Crippen molar-refractivity contribution in [2.24, 2.45) is 0 Å². The molecule has 1 saturated heterocycles. The zero-order valence-corrected chi connectivity index (χ0v) is 10.8. The van der Waals surface area contributed by atoms with Gasteiger partial charge in [0.1, 0.15) is 5.82 Å². The first-order valence-corrected chi connectivity index (χ1v) is 6.74. The lowest BCUT2D eigenvalue weighted by Crippen LogP contribution is -2.24. The molecule has 1 aromatic carbocycles. The van der Waals surface area contributed by atoms with Crippen LogP contribution >= 0.6 is 0 Å². The van der Waals surface area contributed by atoms with E-state index in [0.29, 0.717) is 12.6 Å². The summed E-state index contributed by atoms with van der Waals surface area (Å²) in [7, 11) is 0. The molecule has 3 rings (SSSR count). The Morgan fingerprint density at radius 3 is 2.89 bits per heavy atom. The second-order valence-electron chi connectivity index (χ2n) is 5.02. The number of benzene rings is 1. The summed E-state index contributed by atoms with van der Waals surface area (Å²) in [5.74, 6) is 0.778. The second-order valence-corrected chi connectivity index (χ2v) is 5.02. The Kier molecular flexibility index (Phi) is 3.46.